The van der Waals surface area contributed by atoms with Crippen molar-refractivity contribution in [3.05, 3.63) is 29.8 Å². The Bertz CT molecular complexity index is 324. The fourth-order valence-electron chi connectivity index (χ4n) is 1.42. The molecule has 1 atom stereocenters. The second kappa shape index (κ2) is 8.28. The van der Waals surface area contributed by atoms with Crippen LogP contribution >= 0.6 is 11.8 Å². The maximum absolute atomic E-state index is 11.0. The van der Waals surface area contributed by atoms with Gasteiger partial charge in [-0.2, -0.15) is 0 Å². The zero-order valence-corrected chi connectivity index (χ0v) is 11.0. The zero-order chi connectivity index (χ0) is 12.5. The summed E-state index contributed by atoms with van der Waals surface area (Å²) in [6.45, 7) is 1.18. The molecule has 0 bridgehead atoms. The Balaban J connectivity index is 2.50. The number of hydrogen-bond acceptors (Lipinski definition) is 4. The molecule has 0 heterocycles. The van der Waals surface area contributed by atoms with Crippen molar-refractivity contribution in [2.75, 3.05) is 26.6 Å². The minimum absolute atomic E-state index is 0.470. The minimum atomic E-state index is -0.470. The number of carbonyl (C=O) groups excluding carboxylic acids is 1. The quantitative estimate of drug-likeness (QED) is 0.406. The second-order valence-corrected chi connectivity index (χ2v) is 4.43. The standard InChI is InChI=1S/C13H18O3S/c1-15-8-3-9-16-13(10-14)11-4-6-12(17-2)7-5-11/h4-7,10,13H,3,8-9H2,1-2H3. The highest BCUT2D eigenvalue weighted by Crippen LogP contribution is 2.20. The van der Waals surface area contributed by atoms with Crippen molar-refractivity contribution < 1.29 is 14.3 Å². The van der Waals surface area contributed by atoms with Gasteiger partial charge in [0.1, 0.15) is 6.10 Å². The second-order valence-electron chi connectivity index (χ2n) is 3.55. The molecular weight excluding hydrogens is 236 g/mol. The largest absolute Gasteiger partial charge is 0.385 e. The van der Waals surface area contributed by atoms with Crippen LogP contribution in [0.15, 0.2) is 29.2 Å². The van der Waals surface area contributed by atoms with Crippen LogP contribution in [0.5, 0.6) is 0 Å². The van der Waals surface area contributed by atoms with E-state index in [0.29, 0.717) is 13.2 Å². The van der Waals surface area contributed by atoms with Gasteiger partial charge in [-0.1, -0.05) is 12.1 Å². The number of benzene rings is 1. The van der Waals surface area contributed by atoms with Crippen LogP contribution in [0.3, 0.4) is 0 Å². The summed E-state index contributed by atoms with van der Waals surface area (Å²) < 4.78 is 10.4. The summed E-state index contributed by atoms with van der Waals surface area (Å²) in [5.74, 6) is 0. The van der Waals surface area contributed by atoms with Gasteiger partial charge >= 0.3 is 0 Å². The molecule has 0 aliphatic heterocycles. The number of ether oxygens (including phenoxy) is 2. The smallest absolute Gasteiger partial charge is 0.153 e. The van der Waals surface area contributed by atoms with Crippen LogP contribution in [0, 0.1) is 0 Å². The molecule has 0 spiro atoms. The highest BCUT2D eigenvalue weighted by atomic mass is 32.2. The van der Waals surface area contributed by atoms with E-state index in [1.165, 1.54) is 4.90 Å². The normalized spacial score (nSPS) is 12.4. The zero-order valence-electron chi connectivity index (χ0n) is 10.2. The number of aldehydes is 1. The highest BCUT2D eigenvalue weighted by Gasteiger charge is 2.10. The Labute approximate surface area is 106 Å². The van der Waals surface area contributed by atoms with Gasteiger partial charge in [0.25, 0.3) is 0 Å². The van der Waals surface area contributed by atoms with Gasteiger partial charge in [-0.3, -0.25) is 0 Å². The molecule has 4 heteroatoms. The third kappa shape index (κ3) is 4.89. The van der Waals surface area contributed by atoms with Crippen molar-refractivity contribution in [1.29, 1.82) is 0 Å². The fourth-order valence-corrected chi connectivity index (χ4v) is 1.83. The molecular formula is C13H18O3S. The van der Waals surface area contributed by atoms with Gasteiger partial charge in [0.15, 0.2) is 6.29 Å². The molecule has 1 aromatic carbocycles. The average molecular weight is 254 g/mol. The van der Waals surface area contributed by atoms with Crippen LogP contribution in [0.25, 0.3) is 0 Å². The van der Waals surface area contributed by atoms with Gasteiger partial charge in [0, 0.05) is 18.6 Å². The number of rotatable bonds is 8. The fraction of sp³-hybridized carbons (Fsp3) is 0.462. The molecule has 0 saturated heterocycles. The predicted octanol–water partition coefficient (Wildman–Crippen LogP) is 2.70. The summed E-state index contributed by atoms with van der Waals surface area (Å²) in [5, 5.41) is 0. The molecule has 17 heavy (non-hydrogen) atoms. The van der Waals surface area contributed by atoms with Crippen molar-refractivity contribution >= 4 is 18.0 Å². The van der Waals surface area contributed by atoms with E-state index in [2.05, 4.69) is 0 Å². The first-order valence-electron chi connectivity index (χ1n) is 5.51. The van der Waals surface area contributed by atoms with E-state index < -0.39 is 6.10 Å². The van der Waals surface area contributed by atoms with Gasteiger partial charge < -0.3 is 14.3 Å². The number of carbonyl (C=O) groups is 1. The Morgan fingerprint density at radius 2 is 2.00 bits per heavy atom. The summed E-state index contributed by atoms with van der Waals surface area (Å²) in [4.78, 5) is 12.1. The van der Waals surface area contributed by atoms with Gasteiger partial charge in [-0.25, -0.2) is 0 Å². The molecule has 0 amide bonds. The molecule has 0 saturated carbocycles. The molecule has 0 fully saturated rings. The Morgan fingerprint density at radius 3 is 2.53 bits per heavy atom. The molecule has 0 N–H and O–H groups in total. The summed E-state index contributed by atoms with van der Waals surface area (Å²) in [6, 6.07) is 7.85. The van der Waals surface area contributed by atoms with Gasteiger partial charge in [-0.15, -0.1) is 11.8 Å². The first-order valence-corrected chi connectivity index (χ1v) is 6.74. The molecule has 0 aliphatic rings. The molecule has 94 valence electrons. The molecule has 0 aliphatic carbocycles. The van der Waals surface area contributed by atoms with Crippen LogP contribution in [0.1, 0.15) is 18.1 Å². The lowest BCUT2D eigenvalue weighted by Crippen LogP contribution is -2.08. The van der Waals surface area contributed by atoms with Crippen LogP contribution in [-0.4, -0.2) is 32.9 Å². The number of thioether (sulfide) groups is 1. The summed E-state index contributed by atoms with van der Waals surface area (Å²) in [6.07, 6.45) is 3.18. The van der Waals surface area contributed by atoms with Crippen LogP contribution in [-0.2, 0) is 14.3 Å². The van der Waals surface area contributed by atoms with E-state index in [1.54, 1.807) is 18.9 Å². The van der Waals surface area contributed by atoms with E-state index in [9.17, 15) is 4.79 Å². The summed E-state index contributed by atoms with van der Waals surface area (Å²) in [5.41, 5.74) is 0.898. The van der Waals surface area contributed by atoms with Crippen LogP contribution in [0.4, 0.5) is 0 Å². The van der Waals surface area contributed by atoms with E-state index in [-0.39, 0.29) is 0 Å². The topological polar surface area (TPSA) is 35.5 Å². The van der Waals surface area contributed by atoms with Crippen LogP contribution < -0.4 is 0 Å². The minimum Gasteiger partial charge on any atom is -0.385 e. The lowest BCUT2D eigenvalue weighted by atomic mass is 10.1. The highest BCUT2D eigenvalue weighted by molar-refractivity contribution is 7.98. The predicted molar refractivity (Wildman–Crippen MR) is 69.5 cm³/mol. The third-order valence-electron chi connectivity index (χ3n) is 2.36. The number of methoxy groups -OCH3 is 1. The Hall–Kier alpha value is -0.840. The SMILES string of the molecule is COCCCOC(C=O)c1ccc(SC)cc1. The molecule has 0 aromatic heterocycles. The molecule has 1 rings (SSSR count). The molecule has 0 radical (unpaired) electrons. The average Bonchev–Trinajstić information content (AvgIpc) is 2.39. The van der Waals surface area contributed by atoms with Crippen molar-refractivity contribution in [2.24, 2.45) is 0 Å². The van der Waals surface area contributed by atoms with Gasteiger partial charge in [0.05, 0.1) is 6.61 Å². The summed E-state index contributed by atoms with van der Waals surface area (Å²) >= 11 is 1.68. The van der Waals surface area contributed by atoms with Crippen molar-refractivity contribution in [3.8, 4) is 0 Å². The first kappa shape index (κ1) is 14.2. The molecule has 1 unspecified atom stereocenters. The van der Waals surface area contributed by atoms with E-state index in [1.807, 2.05) is 30.5 Å². The van der Waals surface area contributed by atoms with E-state index in [0.717, 1.165) is 18.3 Å². The van der Waals surface area contributed by atoms with E-state index in [4.69, 9.17) is 9.47 Å². The molecule has 3 nitrogen and oxygen atoms in total. The monoisotopic (exact) mass is 254 g/mol. The van der Waals surface area contributed by atoms with Crippen molar-refractivity contribution in [3.63, 3.8) is 0 Å². The maximum Gasteiger partial charge on any atom is 0.153 e. The third-order valence-corrected chi connectivity index (χ3v) is 3.10. The molecule has 1 aromatic rings. The van der Waals surface area contributed by atoms with Gasteiger partial charge in [0.2, 0.25) is 0 Å². The van der Waals surface area contributed by atoms with Crippen LogP contribution in [0.2, 0.25) is 0 Å². The lowest BCUT2D eigenvalue weighted by molar-refractivity contribution is -0.118. The van der Waals surface area contributed by atoms with Gasteiger partial charge in [-0.05, 0) is 30.4 Å². The Kier molecular flexibility index (Phi) is 6.93. The lowest BCUT2D eigenvalue weighted by Gasteiger charge is -2.12. The maximum atomic E-state index is 11.0. The first-order chi connectivity index (χ1) is 8.31. The number of hydrogen-bond donors (Lipinski definition) is 0. The van der Waals surface area contributed by atoms with E-state index >= 15 is 0 Å². The van der Waals surface area contributed by atoms with Crippen molar-refractivity contribution in [2.45, 2.75) is 17.4 Å². The Morgan fingerprint density at radius 1 is 1.29 bits per heavy atom. The van der Waals surface area contributed by atoms with Crippen molar-refractivity contribution in [1.82, 2.24) is 0 Å². The summed E-state index contributed by atoms with van der Waals surface area (Å²) in [7, 11) is 1.65.